The smallest absolute Gasteiger partial charge is 0.273 e. The zero-order valence-electron chi connectivity index (χ0n) is 10.2. The molecule has 0 saturated heterocycles. The fourth-order valence-corrected chi connectivity index (χ4v) is 2.11. The number of aromatic amines is 1. The third-order valence-corrected chi connectivity index (χ3v) is 3.40. The van der Waals surface area contributed by atoms with Crippen LogP contribution in [-0.4, -0.2) is 37.8 Å². The minimum atomic E-state index is -0.0684. The molecule has 6 nitrogen and oxygen atoms in total. The molecule has 2 rings (SSSR count). The number of hydrogen-bond donors (Lipinski definition) is 1. The van der Waals surface area contributed by atoms with E-state index in [1.54, 1.807) is 24.3 Å². The van der Waals surface area contributed by atoms with Crippen molar-refractivity contribution < 1.29 is 4.79 Å². The standard InChI is InChI=1S/C11H14IN5O/c1-3-17-7-8(4-14-17)6-16(2)11(18)10-9(12)5-13-15-10/h4-5,7H,3,6H2,1-2H3,(H,13,15). The zero-order chi connectivity index (χ0) is 13.1. The van der Waals surface area contributed by atoms with Crippen LogP contribution in [0.4, 0.5) is 0 Å². The van der Waals surface area contributed by atoms with Crippen molar-refractivity contribution in [2.75, 3.05) is 7.05 Å². The summed E-state index contributed by atoms with van der Waals surface area (Å²) in [6.45, 7) is 3.39. The average molecular weight is 359 g/mol. The van der Waals surface area contributed by atoms with Crippen LogP contribution in [-0.2, 0) is 13.1 Å². The van der Waals surface area contributed by atoms with Gasteiger partial charge in [-0.25, -0.2) is 0 Å². The summed E-state index contributed by atoms with van der Waals surface area (Å²) in [5.41, 5.74) is 1.54. The van der Waals surface area contributed by atoms with Gasteiger partial charge in [-0.15, -0.1) is 0 Å². The monoisotopic (exact) mass is 359 g/mol. The number of nitrogens with zero attached hydrogens (tertiary/aromatic N) is 4. The van der Waals surface area contributed by atoms with Gasteiger partial charge in [0, 0.05) is 31.9 Å². The van der Waals surface area contributed by atoms with Crippen LogP contribution in [0, 0.1) is 3.57 Å². The molecule has 2 heterocycles. The summed E-state index contributed by atoms with van der Waals surface area (Å²) < 4.78 is 2.67. The normalized spacial score (nSPS) is 10.6. The topological polar surface area (TPSA) is 66.8 Å². The van der Waals surface area contributed by atoms with E-state index in [0.717, 1.165) is 15.7 Å². The van der Waals surface area contributed by atoms with Crippen molar-refractivity contribution in [3.8, 4) is 0 Å². The molecule has 0 radical (unpaired) electrons. The second-order valence-electron chi connectivity index (χ2n) is 3.96. The van der Waals surface area contributed by atoms with E-state index in [0.29, 0.717) is 12.2 Å². The highest BCUT2D eigenvalue weighted by molar-refractivity contribution is 14.1. The molecule has 0 atom stereocenters. The number of nitrogens with one attached hydrogen (secondary N) is 1. The lowest BCUT2D eigenvalue weighted by Crippen LogP contribution is -2.27. The minimum Gasteiger partial charge on any atom is -0.336 e. The maximum Gasteiger partial charge on any atom is 0.273 e. The van der Waals surface area contributed by atoms with Gasteiger partial charge >= 0.3 is 0 Å². The highest BCUT2D eigenvalue weighted by Crippen LogP contribution is 2.12. The fourth-order valence-electron chi connectivity index (χ4n) is 1.62. The predicted molar refractivity (Wildman–Crippen MR) is 75.0 cm³/mol. The van der Waals surface area contributed by atoms with Crippen molar-refractivity contribution in [1.82, 2.24) is 24.9 Å². The van der Waals surface area contributed by atoms with Gasteiger partial charge in [0.25, 0.3) is 5.91 Å². The van der Waals surface area contributed by atoms with Crippen molar-refractivity contribution in [3.05, 3.63) is 33.4 Å². The predicted octanol–water partition coefficient (Wildman–Crippen LogP) is 1.50. The van der Waals surface area contributed by atoms with E-state index in [9.17, 15) is 4.79 Å². The molecule has 0 aliphatic rings. The molecule has 0 fully saturated rings. The summed E-state index contributed by atoms with van der Waals surface area (Å²) in [6.07, 6.45) is 5.36. The molecule has 1 amide bonds. The van der Waals surface area contributed by atoms with Gasteiger partial charge < -0.3 is 4.90 Å². The van der Waals surface area contributed by atoms with Gasteiger partial charge in [-0.3, -0.25) is 14.6 Å². The highest BCUT2D eigenvalue weighted by Gasteiger charge is 2.17. The fraction of sp³-hybridized carbons (Fsp3) is 0.364. The van der Waals surface area contributed by atoms with Crippen LogP contribution in [0.25, 0.3) is 0 Å². The summed E-state index contributed by atoms with van der Waals surface area (Å²) in [5.74, 6) is -0.0684. The highest BCUT2D eigenvalue weighted by atomic mass is 127. The quantitative estimate of drug-likeness (QED) is 0.842. The van der Waals surface area contributed by atoms with Crippen LogP contribution in [0.5, 0.6) is 0 Å². The van der Waals surface area contributed by atoms with Crippen LogP contribution in [0.1, 0.15) is 23.0 Å². The minimum absolute atomic E-state index is 0.0684. The molecule has 0 aromatic carbocycles. The number of rotatable bonds is 4. The third-order valence-electron chi connectivity index (χ3n) is 2.58. The average Bonchev–Trinajstić information content (AvgIpc) is 2.97. The Kier molecular flexibility index (Phi) is 4.00. The Balaban J connectivity index is 2.06. The number of H-pyrrole nitrogens is 1. The van der Waals surface area contributed by atoms with Crippen LogP contribution < -0.4 is 0 Å². The summed E-state index contributed by atoms with van der Waals surface area (Å²) >= 11 is 2.09. The van der Waals surface area contributed by atoms with Crippen LogP contribution in [0.3, 0.4) is 0 Å². The number of hydrogen-bond acceptors (Lipinski definition) is 3. The first-order valence-electron chi connectivity index (χ1n) is 5.57. The Morgan fingerprint density at radius 1 is 1.56 bits per heavy atom. The zero-order valence-corrected chi connectivity index (χ0v) is 12.4. The van der Waals surface area contributed by atoms with Crippen molar-refractivity contribution in [2.45, 2.75) is 20.0 Å². The van der Waals surface area contributed by atoms with E-state index in [1.165, 1.54) is 0 Å². The molecule has 2 aromatic heterocycles. The Labute approximate surface area is 119 Å². The molecule has 96 valence electrons. The van der Waals surface area contributed by atoms with Gasteiger partial charge in [0.05, 0.1) is 16.0 Å². The molecule has 0 spiro atoms. The van der Waals surface area contributed by atoms with E-state index in [1.807, 2.05) is 17.8 Å². The van der Waals surface area contributed by atoms with Gasteiger partial charge in [0.2, 0.25) is 0 Å². The van der Waals surface area contributed by atoms with E-state index < -0.39 is 0 Å². The summed E-state index contributed by atoms with van der Waals surface area (Å²) in [6, 6.07) is 0. The summed E-state index contributed by atoms with van der Waals surface area (Å²) in [4.78, 5) is 13.8. The van der Waals surface area contributed by atoms with Crippen LogP contribution >= 0.6 is 22.6 Å². The lowest BCUT2D eigenvalue weighted by Gasteiger charge is -2.15. The van der Waals surface area contributed by atoms with Crippen molar-refractivity contribution in [3.63, 3.8) is 0 Å². The number of aryl methyl sites for hydroxylation is 1. The van der Waals surface area contributed by atoms with E-state index in [4.69, 9.17) is 0 Å². The molecule has 2 aromatic rings. The van der Waals surface area contributed by atoms with Crippen molar-refractivity contribution >= 4 is 28.5 Å². The number of aromatic nitrogens is 4. The lowest BCUT2D eigenvalue weighted by molar-refractivity contribution is 0.0778. The first-order chi connectivity index (χ1) is 8.61. The van der Waals surface area contributed by atoms with Gasteiger partial charge in [-0.2, -0.15) is 10.2 Å². The molecule has 0 bridgehead atoms. The largest absolute Gasteiger partial charge is 0.336 e. The van der Waals surface area contributed by atoms with Crippen LogP contribution in [0.15, 0.2) is 18.6 Å². The lowest BCUT2D eigenvalue weighted by atomic mass is 10.3. The maximum atomic E-state index is 12.1. The number of carbonyl (C=O) groups is 1. The number of amides is 1. The number of halogens is 1. The maximum absolute atomic E-state index is 12.1. The SMILES string of the molecule is CCn1cc(CN(C)C(=O)c2[nH]ncc2I)cn1. The van der Waals surface area contributed by atoms with Crippen molar-refractivity contribution in [2.24, 2.45) is 0 Å². The summed E-state index contributed by atoms with van der Waals surface area (Å²) in [5, 5.41) is 10.8. The molecule has 7 heteroatoms. The molecular weight excluding hydrogens is 345 g/mol. The molecular formula is C11H14IN5O. The second-order valence-corrected chi connectivity index (χ2v) is 5.12. The van der Waals surface area contributed by atoms with Crippen LogP contribution in [0.2, 0.25) is 0 Å². The molecule has 18 heavy (non-hydrogen) atoms. The van der Waals surface area contributed by atoms with E-state index >= 15 is 0 Å². The Morgan fingerprint density at radius 2 is 2.33 bits per heavy atom. The van der Waals surface area contributed by atoms with Gasteiger partial charge in [-0.1, -0.05) is 0 Å². The molecule has 0 aliphatic carbocycles. The Hall–Kier alpha value is -1.38. The van der Waals surface area contributed by atoms with E-state index in [2.05, 4.69) is 37.9 Å². The Bertz CT molecular complexity index is 547. The van der Waals surface area contributed by atoms with Gasteiger partial charge in [0.15, 0.2) is 0 Å². The van der Waals surface area contributed by atoms with Gasteiger partial charge in [-0.05, 0) is 29.5 Å². The molecule has 0 unspecified atom stereocenters. The Morgan fingerprint density at radius 3 is 2.89 bits per heavy atom. The number of carbonyl (C=O) groups excluding carboxylic acids is 1. The molecule has 1 N–H and O–H groups in total. The summed E-state index contributed by atoms with van der Waals surface area (Å²) in [7, 11) is 1.77. The molecule has 0 saturated carbocycles. The first-order valence-corrected chi connectivity index (χ1v) is 6.65. The first kappa shape index (κ1) is 13.1. The third kappa shape index (κ3) is 2.71. The molecule has 0 aliphatic heterocycles. The van der Waals surface area contributed by atoms with Crippen molar-refractivity contribution in [1.29, 1.82) is 0 Å². The van der Waals surface area contributed by atoms with E-state index in [-0.39, 0.29) is 5.91 Å². The van der Waals surface area contributed by atoms with Gasteiger partial charge in [0.1, 0.15) is 5.69 Å². The second kappa shape index (κ2) is 5.51.